The van der Waals surface area contributed by atoms with Gasteiger partial charge in [0.25, 0.3) is 0 Å². The molecule has 0 unspecified atom stereocenters. The van der Waals surface area contributed by atoms with Crippen molar-refractivity contribution >= 4 is 23.1 Å². The lowest BCUT2D eigenvalue weighted by atomic mass is 10.1. The number of anilines is 2. The summed E-state index contributed by atoms with van der Waals surface area (Å²) in [5.41, 5.74) is 1.90. The number of benzene rings is 1. The third-order valence-corrected chi connectivity index (χ3v) is 3.72. The van der Waals surface area contributed by atoms with Crippen molar-refractivity contribution in [3.8, 4) is 11.5 Å². The van der Waals surface area contributed by atoms with Crippen molar-refractivity contribution in [1.29, 1.82) is 0 Å². The van der Waals surface area contributed by atoms with Crippen LogP contribution in [-0.2, 0) is 6.42 Å². The fraction of sp³-hybridized carbons (Fsp3) is 0.375. The first-order chi connectivity index (χ1) is 11.2. The molecule has 0 aliphatic carbocycles. The summed E-state index contributed by atoms with van der Waals surface area (Å²) in [6, 6.07) is 5.96. The quantitative estimate of drug-likeness (QED) is 0.570. The smallest absolute Gasteiger partial charge is 0.160 e. The molecule has 0 amide bonds. The van der Waals surface area contributed by atoms with Gasteiger partial charge in [-0.2, -0.15) is 0 Å². The zero-order valence-electron chi connectivity index (χ0n) is 13.5. The summed E-state index contributed by atoms with van der Waals surface area (Å²) in [6.07, 6.45) is 3.31. The van der Waals surface area contributed by atoms with Crippen molar-refractivity contribution in [1.82, 2.24) is 9.97 Å². The van der Waals surface area contributed by atoms with Crippen LogP contribution in [0.5, 0.6) is 11.5 Å². The Kier molecular flexibility index (Phi) is 6.29. The number of hydrogen-bond donors (Lipinski definition) is 2. The number of aromatic nitrogens is 2. The molecular weight excluding hydrogens is 316 g/mol. The molecule has 0 spiro atoms. The maximum absolute atomic E-state index is 6.02. The summed E-state index contributed by atoms with van der Waals surface area (Å²) in [5, 5.41) is 6.68. The highest BCUT2D eigenvalue weighted by atomic mass is 35.5. The molecule has 0 aliphatic heterocycles. The summed E-state index contributed by atoms with van der Waals surface area (Å²) in [5.74, 6) is 2.20. The Bertz CT molecular complexity index is 652. The van der Waals surface area contributed by atoms with Gasteiger partial charge in [0.2, 0.25) is 0 Å². The molecule has 0 saturated heterocycles. The van der Waals surface area contributed by atoms with Crippen LogP contribution >= 0.6 is 11.6 Å². The van der Waals surface area contributed by atoms with Crippen LogP contribution in [0.2, 0.25) is 5.15 Å². The van der Waals surface area contributed by atoms with Gasteiger partial charge >= 0.3 is 0 Å². The van der Waals surface area contributed by atoms with E-state index in [1.165, 1.54) is 11.9 Å². The summed E-state index contributed by atoms with van der Waals surface area (Å²) in [4.78, 5) is 8.15. The maximum atomic E-state index is 6.02. The van der Waals surface area contributed by atoms with Gasteiger partial charge in [-0.15, -0.1) is 0 Å². The number of nitrogens with zero attached hydrogens (tertiary/aromatic N) is 2. The average Bonchev–Trinajstić information content (AvgIpc) is 2.58. The van der Waals surface area contributed by atoms with Crippen LogP contribution < -0.4 is 20.1 Å². The highest BCUT2D eigenvalue weighted by Gasteiger charge is 2.08. The normalized spacial score (nSPS) is 10.3. The largest absolute Gasteiger partial charge is 0.493 e. The third-order valence-electron chi connectivity index (χ3n) is 3.43. The zero-order chi connectivity index (χ0) is 16.7. The van der Waals surface area contributed by atoms with E-state index in [1.807, 2.05) is 18.2 Å². The van der Waals surface area contributed by atoms with Crippen molar-refractivity contribution in [2.24, 2.45) is 0 Å². The van der Waals surface area contributed by atoms with Gasteiger partial charge in [-0.1, -0.05) is 17.7 Å². The minimum atomic E-state index is 0.407. The minimum absolute atomic E-state index is 0.407. The summed E-state index contributed by atoms with van der Waals surface area (Å²) >= 11 is 6.02. The Morgan fingerprint density at radius 3 is 2.61 bits per heavy atom. The number of ether oxygens (including phenoxy) is 2. The first-order valence-corrected chi connectivity index (χ1v) is 7.70. The van der Waals surface area contributed by atoms with Gasteiger partial charge < -0.3 is 20.1 Å². The molecule has 2 N–H and O–H groups in total. The van der Waals surface area contributed by atoms with E-state index in [0.717, 1.165) is 30.9 Å². The third kappa shape index (κ3) is 4.39. The number of rotatable bonds is 8. The van der Waals surface area contributed by atoms with Crippen molar-refractivity contribution in [2.45, 2.75) is 12.8 Å². The van der Waals surface area contributed by atoms with E-state index >= 15 is 0 Å². The average molecular weight is 337 g/mol. The molecule has 124 valence electrons. The van der Waals surface area contributed by atoms with E-state index in [-0.39, 0.29) is 0 Å². The standard InChI is InChI=1S/C16H21ClN4O2/c1-18-14-15(17)20-10-21-16(14)19-8-4-5-11-6-7-12(22-2)13(9-11)23-3/h6-7,9-10,18H,4-5,8H2,1-3H3,(H,19,20,21). The predicted molar refractivity (Wildman–Crippen MR) is 92.9 cm³/mol. The number of methoxy groups -OCH3 is 2. The van der Waals surface area contributed by atoms with Gasteiger partial charge in [-0.05, 0) is 30.5 Å². The SMILES string of the molecule is CNc1c(Cl)ncnc1NCCCc1ccc(OC)c(OC)c1. The second-order valence-corrected chi connectivity index (χ2v) is 5.22. The number of halogens is 1. The molecule has 0 aliphatic rings. The van der Waals surface area contributed by atoms with Crippen LogP contribution in [0.4, 0.5) is 11.5 Å². The fourth-order valence-corrected chi connectivity index (χ4v) is 2.48. The van der Waals surface area contributed by atoms with Gasteiger partial charge in [0.05, 0.1) is 14.2 Å². The van der Waals surface area contributed by atoms with E-state index < -0.39 is 0 Å². The van der Waals surface area contributed by atoms with Crippen molar-refractivity contribution < 1.29 is 9.47 Å². The highest BCUT2D eigenvalue weighted by molar-refractivity contribution is 6.32. The molecule has 2 aromatic rings. The molecule has 6 nitrogen and oxygen atoms in total. The number of hydrogen-bond acceptors (Lipinski definition) is 6. The summed E-state index contributed by atoms with van der Waals surface area (Å²) in [6.45, 7) is 0.774. The minimum Gasteiger partial charge on any atom is -0.493 e. The molecule has 1 heterocycles. The molecule has 1 aromatic heterocycles. The van der Waals surface area contributed by atoms with Gasteiger partial charge in [0.15, 0.2) is 22.5 Å². The van der Waals surface area contributed by atoms with E-state index in [1.54, 1.807) is 21.3 Å². The Hall–Kier alpha value is -2.21. The van der Waals surface area contributed by atoms with E-state index in [2.05, 4.69) is 20.6 Å². The molecular formula is C16H21ClN4O2. The van der Waals surface area contributed by atoms with Gasteiger partial charge in [-0.25, -0.2) is 9.97 Å². The van der Waals surface area contributed by atoms with Crippen molar-refractivity contribution in [3.63, 3.8) is 0 Å². The molecule has 0 fully saturated rings. The maximum Gasteiger partial charge on any atom is 0.160 e. The lowest BCUT2D eigenvalue weighted by molar-refractivity contribution is 0.354. The Balaban J connectivity index is 1.90. The summed E-state index contributed by atoms with van der Waals surface area (Å²) in [7, 11) is 5.06. The van der Waals surface area contributed by atoms with Crippen LogP contribution in [0.1, 0.15) is 12.0 Å². The predicted octanol–water partition coefficient (Wildman–Crippen LogP) is 3.23. The van der Waals surface area contributed by atoms with Crippen LogP contribution in [-0.4, -0.2) is 37.8 Å². The number of nitrogens with one attached hydrogen (secondary N) is 2. The van der Waals surface area contributed by atoms with Crippen molar-refractivity contribution in [3.05, 3.63) is 35.2 Å². The van der Waals surface area contributed by atoms with E-state index in [0.29, 0.717) is 16.7 Å². The molecule has 0 bridgehead atoms. The molecule has 0 saturated carbocycles. The monoisotopic (exact) mass is 336 g/mol. The first-order valence-electron chi connectivity index (χ1n) is 7.32. The fourth-order valence-electron chi connectivity index (χ4n) is 2.26. The molecule has 0 atom stereocenters. The second-order valence-electron chi connectivity index (χ2n) is 4.86. The zero-order valence-corrected chi connectivity index (χ0v) is 14.3. The Morgan fingerprint density at radius 2 is 1.91 bits per heavy atom. The Morgan fingerprint density at radius 1 is 1.13 bits per heavy atom. The Labute approximate surface area is 141 Å². The van der Waals surface area contributed by atoms with E-state index in [4.69, 9.17) is 21.1 Å². The van der Waals surface area contributed by atoms with Gasteiger partial charge in [0, 0.05) is 13.6 Å². The van der Waals surface area contributed by atoms with E-state index in [9.17, 15) is 0 Å². The van der Waals surface area contributed by atoms with Crippen LogP contribution in [0.15, 0.2) is 24.5 Å². The molecule has 7 heteroatoms. The van der Waals surface area contributed by atoms with Gasteiger partial charge in [0.1, 0.15) is 12.0 Å². The highest BCUT2D eigenvalue weighted by Crippen LogP contribution is 2.28. The molecule has 2 rings (SSSR count). The summed E-state index contributed by atoms with van der Waals surface area (Å²) < 4.78 is 10.6. The van der Waals surface area contributed by atoms with Crippen LogP contribution in [0.25, 0.3) is 0 Å². The lowest BCUT2D eigenvalue weighted by Gasteiger charge is -2.12. The second kappa shape index (κ2) is 8.43. The topological polar surface area (TPSA) is 68.3 Å². The number of aryl methyl sites for hydroxylation is 1. The van der Waals surface area contributed by atoms with Crippen molar-refractivity contribution in [2.75, 3.05) is 38.4 Å². The van der Waals surface area contributed by atoms with Gasteiger partial charge in [-0.3, -0.25) is 0 Å². The lowest BCUT2D eigenvalue weighted by Crippen LogP contribution is -2.08. The molecule has 1 aromatic carbocycles. The van der Waals surface area contributed by atoms with Crippen LogP contribution in [0.3, 0.4) is 0 Å². The molecule has 23 heavy (non-hydrogen) atoms. The first kappa shape index (κ1) is 17.1. The molecule has 0 radical (unpaired) electrons. The van der Waals surface area contributed by atoms with Crippen LogP contribution in [0, 0.1) is 0 Å².